The molecule has 128 valence electrons. The van der Waals surface area contributed by atoms with E-state index in [1.165, 1.54) is 11.8 Å². The number of rotatable bonds is 6. The van der Waals surface area contributed by atoms with E-state index in [1.807, 2.05) is 43.5 Å². The van der Waals surface area contributed by atoms with Gasteiger partial charge in [0.15, 0.2) is 0 Å². The van der Waals surface area contributed by atoms with E-state index < -0.39 is 5.91 Å². The van der Waals surface area contributed by atoms with E-state index in [-0.39, 0.29) is 5.57 Å². The van der Waals surface area contributed by atoms with Crippen LogP contribution in [0.5, 0.6) is 5.75 Å². The Hall–Kier alpha value is -2.91. The molecule has 0 saturated heterocycles. The molecule has 0 aliphatic heterocycles. The second-order valence-corrected chi connectivity index (χ2v) is 6.01. The van der Waals surface area contributed by atoms with E-state index in [4.69, 9.17) is 4.74 Å². The summed E-state index contributed by atoms with van der Waals surface area (Å²) in [6, 6.07) is 16.6. The molecule has 0 fully saturated rings. The molecule has 2 N–H and O–H groups in total. The predicted molar refractivity (Wildman–Crippen MR) is 103 cm³/mol. The number of nitrogens with one attached hydrogen (secondary N) is 2. The van der Waals surface area contributed by atoms with Crippen LogP contribution in [0.3, 0.4) is 0 Å². The highest BCUT2D eigenvalue weighted by Gasteiger charge is 2.16. The first-order chi connectivity index (χ1) is 12.1. The Morgan fingerprint density at radius 3 is 2.12 bits per heavy atom. The van der Waals surface area contributed by atoms with Gasteiger partial charge in [0, 0.05) is 11.4 Å². The summed E-state index contributed by atoms with van der Waals surface area (Å²) in [5, 5.41) is 15.8. The zero-order valence-corrected chi connectivity index (χ0v) is 15.1. The Bertz CT molecular complexity index is 806. The fraction of sp³-hybridized carbons (Fsp3) is 0.158. The molecule has 25 heavy (non-hydrogen) atoms. The Balaban J connectivity index is 2.21. The van der Waals surface area contributed by atoms with Crippen molar-refractivity contribution in [1.29, 1.82) is 5.26 Å². The number of benzene rings is 2. The molecule has 0 unspecified atom stereocenters. The highest BCUT2D eigenvalue weighted by atomic mass is 32.2. The third kappa shape index (κ3) is 5.03. The third-order valence-electron chi connectivity index (χ3n) is 3.43. The van der Waals surface area contributed by atoms with Gasteiger partial charge in [-0.1, -0.05) is 17.7 Å². The smallest absolute Gasteiger partial charge is 0.269 e. The molecule has 0 aliphatic carbocycles. The zero-order valence-electron chi connectivity index (χ0n) is 14.3. The van der Waals surface area contributed by atoms with Crippen molar-refractivity contribution < 1.29 is 9.53 Å². The van der Waals surface area contributed by atoms with Crippen LogP contribution >= 0.6 is 11.8 Å². The lowest BCUT2D eigenvalue weighted by molar-refractivity contribution is -0.112. The van der Waals surface area contributed by atoms with E-state index >= 15 is 0 Å². The van der Waals surface area contributed by atoms with Crippen molar-refractivity contribution in [2.45, 2.75) is 6.92 Å². The maximum Gasteiger partial charge on any atom is 0.269 e. The summed E-state index contributed by atoms with van der Waals surface area (Å²) in [4.78, 5) is 12.5. The normalized spacial score (nSPS) is 11.1. The van der Waals surface area contributed by atoms with Crippen LogP contribution in [0.15, 0.2) is 59.1 Å². The quantitative estimate of drug-likeness (QED) is 0.603. The number of anilines is 2. The fourth-order valence-corrected chi connectivity index (χ4v) is 2.62. The van der Waals surface area contributed by atoms with Crippen LogP contribution in [0.2, 0.25) is 0 Å². The minimum atomic E-state index is -0.447. The number of amides is 1. The first kappa shape index (κ1) is 18.4. The van der Waals surface area contributed by atoms with E-state index in [9.17, 15) is 10.1 Å². The van der Waals surface area contributed by atoms with E-state index in [2.05, 4.69) is 10.6 Å². The molecular formula is C19H19N3O2S. The lowest BCUT2D eigenvalue weighted by atomic mass is 10.2. The highest BCUT2D eigenvalue weighted by molar-refractivity contribution is 8.02. The Kier molecular flexibility index (Phi) is 6.49. The average molecular weight is 353 g/mol. The number of carbonyl (C=O) groups is 1. The molecule has 2 aromatic rings. The van der Waals surface area contributed by atoms with Crippen molar-refractivity contribution in [3.8, 4) is 11.8 Å². The number of hydrogen-bond donors (Lipinski definition) is 2. The molecule has 0 radical (unpaired) electrons. The number of ether oxygens (including phenoxy) is 1. The van der Waals surface area contributed by atoms with Gasteiger partial charge < -0.3 is 15.4 Å². The van der Waals surface area contributed by atoms with E-state index in [0.29, 0.717) is 10.7 Å². The van der Waals surface area contributed by atoms with Gasteiger partial charge in [0.05, 0.1) is 12.1 Å². The van der Waals surface area contributed by atoms with Crippen LogP contribution in [0, 0.1) is 18.3 Å². The van der Waals surface area contributed by atoms with Gasteiger partial charge in [-0.25, -0.2) is 0 Å². The van der Waals surface area contributed by atoms with Gasteiger partial charge >= 0.3 is 0 Å². The number of carbonyl (C=O) groups excluding carboxylic acids is 1. The first-order valence-corrected chi connectivity index (χ1v) is 8.77. The summed E-state index contributed by atoms with van der Waals surface area (Å²) >= 11 is 1.30. The van der Waals surface area contributed by atoms with Crippen LogP contribution in [-0.4, -0.2) is 19.3 Å². The molecule has 0 aliphatic rings. The second kappa shape index (κ2) is 8.81. The van der Waals surface area contributed by atoms with Gasteiger partial charge in [-0.15, -0.1) is 11.8 Å². The van der Waals surface area contributed by atoms with Crippen molar-refractivity contribution in [3.63, 3.8) is 0 Å². The van der Waals surface area contributed by atoms with Gasteiger partial charge in [0.2, 0.25) is 0 Å². The molecule has 0 aromatic heterocycles. The Labute approximate surface area is 151 Å². The predicted octanol–water partition coefficient (Wildman–Crippen LogP) is 4.15. The van der Waals surface area contributed by atoms with Crippen LogP contribution in [0.25, 0.3) is 0 Å². The van der Waals surface area contributed by atoms with E-state index in [0.717, 1.165) is 17.0 Å². The number of hydrogen-bond acceptors (Lipinski definition) is 5. The van der Waals surface area contributed by atoms with Crippen LogP contribution < -0.4 is 15.4 Å². The summed E-state index contributed by atoms with van der Waals surface area (Å²) < 4.78 is 5.12. The molecule has 0 atom stereocenters. The van der Waals surface area contributed by atoms with Gasteiger partial charge in [0.1, 0.15) is 17.4 Å². The molecule has 0 bridgehead atoms. The Morgan fingerprint density at radius 1 is 1.04 bits per heavy atom. The largest absolute Gasteiger partial charge is 0.497 e. The molecule has 1 amide bonds. The molecule has 0 heterocycles. The minimum absolute atomic E-state index is 0.0314. The highest BCUT2D eigenvalue weighted by Crippen LogP contribution is 2.23. The van der Waals surface area contributed by atoms with Crippen LogP contribution in [0.1, 0.15) is 5.56 Å². The maximum atomic E-state index is 12.5. The zero-order chi connectivity index (χ0) is 18.2. The summed E-state index contributed by atoms with van der Waals surface area (Å²) in [6.07, 6.45) is 1.81. The first-order valence-electron chi connectivity index (χ1n) is 7.55. The van der Waals surface area contributed by atoms with Crippen molar-refractivity contribution >= 4 is 29.0 Å². The standard InChI is InChI=1S/C19H19N3O2S/c1-13-4-6-14(7-5-13)21-18(23)17(12-20)19(25-3)22-15-8-10-16(24-2)11-9-15/h4-11,22H,1-3H3,(H,21,23)/b19-17+. The molecule has 0 saturated carbocycles. The second-order valence-electron chi connectivity index (χ2n) is 5.19. The summed E-state index contributed by atoms with van der Waals surface area (Å²) in [7, 11) is 1.60. The number of methoxy groups -OCH3 is 1. The van der Waals surface area contributed by atoms with Crippen molar-refractivity contribution in [2.24, 2.45) is 0 Å². The van der Waals surface area contributed by atoms with E-state index in [1.54, 1.807) is 31.4 Å². The minimum Gasteiger partial charge on any atom is -0.497 e. The number of aryl methyl sites for hydroxylation is 1. The summed E-state index contributed by atoms with van der Waals surface area (Å²) in [5.74, 6) is 0.287. The molecule has 6 heteroatoms. The van der Waals surface area contributed by atoms with Crippen LogP contribution in [-0.2, 0) is 4.79 Å². The monoisotopic (exact) mass is 353 g/mol. The Morgan fingerprint density at radius 2 is 1.60 bits per heavy atom. The maximum absolute atomic E-state index is 12.5. The fourth-order valence-electron chi connectivity index (χ4n) is 2.06. The molecule has 0 spiro atoms. The van der Waals surface area contributed by atoms with Gasteiger partial charge in [-0.2, -0.15) is 5.26 Å². The molecule has 2 rings (SSSR count). The van der Waals surface area contributed by atoms with Crippen molar-refractivity contribution in [3.05, 3.63) is 64.7 Å². The number of nitrogens with zero attached hydrogens (tertiary/aromatic N) is 1. The summed E-state index contributed by atoms with van der Waals surface area (Å²) in [6.45, 7) is 1.97. The van der Waals surface area contributed by atoms with Gasteiger partial charge in [-0.05, 0) is 49.6 Å². The SMILES string of the molecule is COc1ccc(N/C(SC)=C(/C#N)C(=O)Nc2ccc(C)cc2)cc1. The van der Waals surface area contributed by atoms with Gasteiger partial charge in [0.25, 0.3) is 5.91 Å². The molecule has 2 aromatic carbocycles. The lowest BCUT2D eigenvalue weighted by Gasteiger charge is -2.12. The summed E-state index contributed by atoms with van der Waals surface area (Å²) in [5.41, 5.74) is 2.54. The van der Waals surface area contributed by atoms with Crippen LogP contribution in [0.4, 0.5) is 11.4 Å². The average Bonchev–Trinajstić information content (AvgIpc) is 2.64. The number of thioether (sulfide) groups is 1. The molecule has 5 nitrogen and oxygen atoms in total. The third-order valence-corrected chi connectivity index (χ3v) is 4.14. The van der Waals surface area contributed by atoms with Crippen molar-refractivity contribution in [1.82, 2.24) is 0 Å². The molecular weight excluding hydrogens is 334 g/mol. The lowest BCUT2D eigenvalue weighted by Crippen LogP contribution is -2.16. The van der Waals surface area contributed by atoms with Crippen molar-refractivity contribution in [2.75, 3.05) is 24.0 Å². The number of nitriles is 1. The van der Waals surface area contributed by atoms with Gasteiger partial charge in [-0.3, -0.25) is 4.79 Å². The topological polar surface area (TPSA) is 74.1 Å².